The van der Waals surface area contributed by atoms with Gasteiger partial charge in [-0.3, -0.25) is 4.68 Å². The Balaban J connectivity index is 1.91. The molecule has 108 valence electrons. The van der Waals surface area contributed by atoms with Crippen LogP contribution in [-0.4, -0.2) is 39.4 Å². The maximum absolute atomic E-state index is 10.9. The largest absolute Gasteiger partial charge is 0.476 e. The molecule has 1 atom stereocenters. The molecular weight excluding hydrogens is 270 g/mol. The van der Waals surface area contributed by atoms with E-state index in [1.807, 2.05) is 31.2 Å². The van der Waals surface area contributed by atoms with Gasteiger partial charge in [-0.25, -0.2) is 9.79 Å². The molecule has 1 aromatic heterocycles. The molecule has 0 saturated heterocycles. The fraction of sp³-hybridized carbons (Fsp3) is 0.267. The van der Waals surface area contributed by atoms with Crippen LogP contribution < -0.4 is 0 Å². The molecule has 0 aliphatic carbocycles. The second-order valence-corrected chi connectivity index (χ2v) is 5.02. The van der Waals surface area contributed by atoms with Crippen LogP contribution in [0.15, 0.2) is 35.3 Å². The number of benzene rings is 1. The van der Waals surface area contributed by atoms with Crippen molar-refractivity contribution in [2.75, 3.05) is 6.61 Å². The number of carboxylic acid groups (broad SMARTS) is 1. The van der Waals surface area contributed by atoms with Gasteiger partial charge < -0.3 is 9.84 Å². The normalized spacial score (nSPS) is 17.4. The van der Waals surface area contributed by atoms with Gasteiger partial charge in [0, 0.05) is 12.6 Å². The molecule has 0 fully saturated rings. The van der Waals surface area contributed by atoms with Crippen LogP contribution in [0.3, 0.4) is 0 Å². The minimum atomic E-state index is -1.03. The van der Waals surface area contributed by atoms with Gasteiger partial charge in [-0.2, -0.15) is 5.10 Å². The second-order valence-electron chi connectivity index (χ2n) is 5.02. The van der Waals surface area contributed by atoms with Crippen molar-refractivity contribution in [2.45, 2.75) is 13.0 Å². The quantitative estimate of drug-likeness (QED) is 0.935. The van der Waals surface area contributed by atoms with Crippen LogP contribution >= 0.6 is 0 Å². The number of hydrogen-bond acceptors (Lipinski definition) is 4. The molecule has 0 radical (unpaired) electrons. The highest BCUT2D eigenvalue weighted by molar-refractivity contribution is 5.95. The summed E-state index contributed by atoms with van der Waals surface area (Å²) in [5.74, 6) is -0.374. The Morgan fingerprint density at radius 1 is 1.33 bits per heavy atom. The molecule has 1 aliphatic heterocycles. The molecule has 6 nitrogen and oxygen atoms in total. The van der Waals surface area contributed by atoms with Crippen molar-refractivity contribution in [3.8, 4) is 11.3 Å². The van der Waals surface area contributed by atoms with Crippen molar-refractivity contribution in [1.29, 1.82) is 0 Å². The van der Waals surface area contributed by atoms with Crippen LogP contribution in [0.5, 0.6) is 0 Å². The number of carboxylic acids is 1. The Hall–Kier alpha value is -2.63. The second kappa shape index (κ2) is 5.05. The minimum absolute atomic E-state index is 0.0360. The molecule has 0 bridgehead atoms. The van der Waals surface area contributed by atoms with Crippen LogP contribution in [0, 0.1) is 0 Å². The molecule has 0 amide bonds. The fourth-order valence-electron chi connectivity index (χ4n) is 2.26. The van der Waals surface area contributed by atoms with Crippen molar-refractivity contribution in [1.82, 2.24) is 9.78 Å². The zero-order valence-corrected chi connectivity index (χ0v) is 11.8. The lowest BCUT2D eigenvalue weighted by atomic mass is 10.1. The summed E-state index contributed by atoms with van der Waals surface area (Å²) >= 11 is 0. The van der Waals surface area contributed by atoms with Crippen LogP contribution in [0.4, 0.5) is 0 Å². The standard InChI is InChI=1S/C15H15N3O3/c1-9-8-21-14(16-9)11-5-3-10(4-6-11)13-7-12(15(19)20)17-18(13)2/h3-7,9H,8H2,1-2H3,(H,19,20). The first kappa shape index (κ1) is 13.4. The minimum Gasteiger partial charge on any atom is -0.476 e. The molecule has 3 rings (SSSR count). The Kier molecular flexibility index (Phi) is 3.21. The summed E-state index contributed by atoms with van der Waals surface area (Å²) in [7, 11) is 1.72. The van der Waals surface area contributed by atoms with Crippen molar-refractivity contribution < 1.29 is 14.6 Å². The van der Waals surface area contributed by atoms with Crippen molar-refractivity contribution in [3.63, 3.8) is 0 Å². The summed E-state index contributed by atoms with van der Waals surface area (Å²) in [4.78, 5) is 15.4. The summed E-state index contributed by atoms with van der Waals surface area (Å²) in [5.41, 5.74) is 2.60. The predicted molar refractivity (Wildman–Crippen MR) is 77.6 cm³/mol. The number of aliphatic imine (C=N–C) groups is 1. The first-order valence-corrected chi connectivity index (χ1v) is 6.63. The lowest BCUT2D eigenvalue weighted by Crippen LogP contribution is -2.02. The Labute approximate surface area is 121 Å². The van der Waals surface area contributed by atoms with Crippen molar-refractivity contribution in [3.05, 3.63) is 41.6 Å². The zero-order valence-electron chi connectivity index (χ0n) is 11.8. The van der Waals surface area contributed by atoms with Gasteiger partial charge in [-0.1, -0.05) is 12.1 Å². The van der Waals surface area contributed by atoms with Gasteiger partial charge in [-0.15, -0.1) is 0 Å². The van der Waals surface area contributed by atoms with Gasteiger partial charge in [0.25, 0.3) is 0 Å². The number of rotatable bonds is 3. The SMILES string of the molecule is CC1COC(c2ccc(-c3cc(C(=O)O)nn3C)cc2)=N1. The van der Waals surface area contributed by atoms with E-state index >= 15 is 0 Å². The molecule has 0 spiro atoms. The molecule has 1 aliphatic rings. The number of ether oxygens (including phenoxy) is 1. The monoisotopic (exact) mass is 285 g/mol. The molecule has 2 heterocycles. The smallest absolute Gasteiger partial charge is 0.356 e. The maximum Gasteiger partial charge on any atom is 0.356 e. The summed E-state index contributed by atoms with van der Waals surface area (Å²) < 4.78 is 7.07. The number of aromatic nitrogens is 2. The van der Waals surface area contributed by atoms with E-state index in [2.05, 4.69) is 10.1 Å². The molecular formula is C15H15N3O3. The van der Waals surface area contributed by atoms with Crippen LogP contribution in [0.1, 0.15) is 23.0 Å². The van der Waals surface area contributed by atoms with Gasteiger partial charge >= 0.3 is 5.97 Å². The van der Waals surface area contributed by atoms with Crippen molar-refractivity contribution >= 4 is 11.9 Å². The third-order valence-electron chi connectivity index (χ3n) is 3.33. The molecule has 1 unspecified atom stereocenters. The first-order chi connectivity index (χ1) is 10.0. The fourth-order valence-corrected chi connectivity index (χ4v) is 2.26. The highest BCUT2D eigenvalue weighted by Gasteiger charge is 2.17. The summed E-state index contributed by atoms with van der Waals surface area (Å²) in [6.07, 6.45) is 0. The third-order valence-corrected chi connectivity index (χ3v) is 3.33. The lowest BCUT2D eigenvalue weighted by molar-refractivity contribution is 0.0689. The van der Waals surface area contributed by atoms with Crippen LogP contribution in [0.2, 0.25) is 0 Å². The molecule has 0 saturated carbocycles. The van der Waals surface area contributed by atoms with E-state index in [4.69, 9.17) is 9.84 Å². The van der Waals surface area contributed by atoms with Crippen LogP contribution in [0.25, 0.3) is 11.3 Å². The number of hydrogen-bond donors (Lipinski definition) is 1. The van der Waals surface area contributed by atoms with Gasteiger partial charge in [0.15, 0.2) is 5.69 Å². The molecule has 1 N–H and O–H groups in total. The maximum atomic E-state index is 10.9. The first-order valence-electron chi connectivity index (χ1n) is 6.63. The molecule has 2 aromatic rings. The number of nitrogens with zero attached hydrogens (tertiary/aromatic N) is 3. The molecule has 1 aromatic carbocycles. The Bertz CT molecular complexity index is 716. The van der Waals surface area contributed by atoms with Crippen LogP contribution in [-0.2, 0) is 11.8 Å². The lowest BCUT2D eigenvalue weighted by Gasteiger charge is -2.04. The molecule has 21 heavy (non-hydrogen) atoms. The Morgan fingerprint density at radius 3 is 2.52 bits per heavy atom. The third kappa shape index (κ3) is 2.52. The van der Waals surface area contributed by atoms with E-state index in [1.54, 1.807) is 17.8 Å². The number of carbonyl (C=O) groups is 1. The molecule has 6 heteroatoms. The van der Waals surface area contributed by atoms with E-state index in [0.717, 1.165) is 16.8 Å². The average Bonchev–Trinajstić information content (AvgIpc) is 3.05. The van der Waals surface area contributed by atoms with E-state index in [0.29, 0.717) is 12.5 Å². The average molecular weight is 285 g/mol. The van der Waals surface area contributed by atoms with Gasteiger partial charge in [0.2, 0.25) is 5.90 Å². The summed E-state index contributed by atoms with van der Waals surface area (Å²) in [6, 6.07) is 9.40. The highest BCUT2D eigenvalue weighted by Crippen LogP contribution is 2.22. The number of aryl methyl sites for hydroxylation is 1. The van der Waals surface area contributed by atoms with Gasteiger partial charge in [0.1, 0.15) is 6.61 Å². The topological polar surface area (TPSA) is 76.7 Å². The van der Waals surface area contributed by atoms with E-state index in [1.165, 1.54) is 0 Å². The van der Waals surface area contributed by atoms with E-state index in [9.17, 15) is 4.79 Å². The summed E-state index contributed by atoms with van der Waals surface area (Å²) in [6.45, 7) is 2.62. The highest BCUT2D eigenvalue weighted by atomic mass is 16.5. The van der Waals surface area contributed by atoms with Gasteiger partial charge in [0.05, 0.1) is 11.7 Å². The van der Waals surface area contributed by atoms with E-state index < -0.39 is 5.97 Å². The van der Waals surface area contributed by atoms with E-state index in [-0.39, 0.29) is 11.7 Å². The number of aromatic carboxylic acids is 1. The predicted octanol–water partition coefficient (Wildman–Crippen LogP) is 1.95. The van der Waals surface area contributed by atoms with Crippen molar-refractivity contribution in [2.24, 2.45) is 12.0 Å². The zero-order chi connectivity index (χ0) is 15.0. The van der Waals surface area contributed by atoms with Gasteiger partial charge in [-0.05, 0) is 30.7 Å². The summed E-state index contributed by atoms with van der Waals surface area (Å²) in [5, 5.41) is 12.9. The Morgan fingerprint density at radius 2 is 2.00 bits per heavy atom.